The molecule has 0 amide bonds. The number of esters is 3. The number of aromatic nitrogens is 1. The Labute approximate surface area is 311 Å². The lowest BCUT2D eigenvalue weighted by molar-refractivity contribution is -0.144. The Kier molecular flexibility index (Phi) is 15.3. The normalized spacial score (nSPS) is 12.2. The van der Waals surface area contributed by atoms with Gasteiger partial charge in [0, 0.05) is 24.2 Å². The number of rotatable bonds is 17. The molecule has 1 heterocycles. The number of hydrogen-bond donors (Lipinski definition) is 0. The summed E-state index contributed by atoms with van der Waals surface area (Å²) in [6.07, 6.45) is 14.3. The Morgan fingerprint density at radius 3 is 1.56 bits per heavy atom. The summed E-state index contributed by atoms with van der Waals surface area (Å²) < 4.78 is 19.8. The molecule has 286 valence electrons. The number of nitrogens with zero attached hydrogens (tertiary/aromatic N) is 1. The van der Waals surface area contributed by atoms with Crippen molar-refractivity contribution < 1.29 is 28.6 Å². The molecule has 1 aromatic heterocycles. The van der Waals surface area contributed by atoms with E-state index in [-0.39, 0.29) is 22.6 Å². The van der Waals surface area contributed by atoms with Gasteiger partial charge in [0.25, 0.3) is 0 Å². The topological polar surface area (TPSA) is 101 Å². The summed E-state index contributed by atoms with van der Waals surface area (Å²) in [5.74, 6) is -1.66. The van der Waals surface area contributed by atoms with E-state index in [1.54, 1.807) is 68.4 Å². The van der Waals surface area contributed by atoms with Crippen molar-refractivity contribution in [3.05, 3.63) is 52.7 Å². The Bertz CT molecular complexity index is 1720. The van der Waals surface area contributed by atoms with E-state index in [4.69, 9.17) is 14.2 Å². The van der Waals surface area contributed by atoms with Crippen LogP contribution in [-0.4, -0.2) is 22.5 Å². The van der Waals surface area contributed by atoms with Gasteiger partial charge in [-0.25, -0.2) is 0 Å². The van der Waals surface area contributed by atoms with Gasteiger partial charge in [-0.05, 0) is 68.7 Å². The number of benzene rings is 2. The van der Waals surface area contributed by atoms with Crippen molar-refractivity contribution in [3.63, 3.8) is 0 Å². The van der Waals surface area contributed by atoms with E-state index < -0.39 is 39.6 Å². The van der Waals surface area contributed by atoms with Gasteiger partial charge in [0.2, 0.25) is 11.2 Å². The lowest BCUT2D eigenvalue weighted by Gasteiger charge is -2.25. The van der Waals surface area contributed by atoms with E-state index in [0.29, 0.717) is 23.3 Å². The molecule has 0 aliphatic rings. The van der Waals surface area contributed by atoms with E-state index in [1.165, 1.54) is 57.4 Å². The highest BCUT2D eigenvalue weighted by molar-refractivity contribution is 5.95. The third kappa shape index (κ3) is 12.1. The van der Waals surface area contributed by atoms with Gasteiger partial charge in [0.05, 0.1) is 32.8 Å². The van der Waals surface area contributed by atoms with Crippen molar-refractivity contribution >= 4 is 28.8 Å². The zero-order valence-corrected chi connectivity index (χ0v) is 33.5. The molecular weight excluding hydrogens is 654 g/mol. The van der Waals surface area contributed by atoms with E-state index in [0.717, 1.165) is 25.7 Å². The van der Waals surface area contributed by atoms with Gasteiger partial charge in [-0.2, -0.15) is 0 Å². The minimum atomic E-state index is -0.901. The van der Waals surface area contributed by atoms with Crippen molar-refractivity contribution in [1.82, 2.24) is 4.57 Å². The predicted molar refractivity (Wildman–Crippen MR) is 210 cm³/mol. The first-order valence-electron chi connectivity index (χ1n) is 19.3. The largest absolute Gasteiger partial charge is 0.426 e. The number of carbonyl (C=O) groups is 3. The fraction of sp³-hybridized carbons (Fsp3) is 0.591. The molecule has 0 aliphatic heterocycles. The Morgan fingerprint density at radius 2 is 1.06 bits per heavy atom. The lowest BCUT2D eigenvalue weighted by atomic mass is 9.97. The second kappa shape index (κ2) is 18.7. The van der Waals surface area contributed by atoms with Gasteiger partial charge in [-0.3, -0.25) is 19.2 Å². The summed E-state index contributed by atoms with van der Waals surface area (Å²) in [6.45, 7) is 18.3. The molecule has 0 radical (unpaired) electrons. The molecule has 0 saturated carbocycles. The molecule has 0 N–H and O–H groups in total. The van der Waals surface area contributed by atoms with Crippen LogP contribution < -0.4 is 19.6 Å². The van der Waals surface area contributed by atoms with Crippen LogP contribution in [0, 0.1) is 16.2 Å². The summed E-state index contributed by atoms with van der Waals surface area (Å²) in [7, 11) is 0. The molecule has 0 fully saturated rings. The molecule has 8 heteroatoms. The average Bonchev–Trinajstić information content (AvgIpc) is 3.05. The molecule has 0 atom stereocenters. The summed E-state index contributed by atoms with van der Waals surface area (Å²) in [5.41, 5.74) is -1.67. The second-order valence-electron chi connectivity index (χ2n) is 17.1. The number of hydrogen-bond acceptors (Lipinski definition) is 7. The van der Waals surface area contributed by atoms with Crippen LogP contribution in [0.5, 0.6) is 17.2 Å². The number of pyridine rings is 1. The van der Waals surface area contributed by atoms with Crippen LogP contribution in [0.1, 0.15) is 146 Å². The third-order valence-electron chi connectivity index (χ3n) is 8.99. The SMILES string of the molecule is CCCCCCCCCCCCCCn1c(-c2ccccc2)c(OC(=O)C(C)(C)C)c(=O)c2c(OC(=O)C(C)(C)C)cc(OC(=O)C(C)(C)C)cc21. The van der Waals surface area contributed by atoms with Crippen LogP contribution in [-0.2, 0) is 20.9 Å². The smallest absolute Gasteiger partial charge is 0.316 e. The van der Waals surface area contributed by atoms with Crippen molar-refractivity contribution in [1.29, 1.82) is 0 Å². The fourth-order valence-corrected chi connectivity index (χ4v) is 5.70. The predicted octanol–water partition coefficient (Wildman–Crippen LogP) is 11.2. The van der Waals surface area contributed by atoms with Gasteiger partial charge >= 0.3 is 17.9 Å². The van der Waals surface area contributed by atoms with E-state index in [9.17, 15) is 19.2 Å². The number of carbonyl (C=O) groups excluding carboxylic acids is 3. The maximum absolute atomic E-state index is 14.7. The average molecular weight is 718 g/mol. The molecule has 0 spiro atoms. The molecule has 3 aromatic rings. The van der Waals surface area contributed by atoms with Crippen molar-refractivity contribution in [2.45, 2.75) is 153 Å². The van der Waals surface area contributed by atoms with Gasteiger partial charge in [0.1, 0.15) is 11.5 Å². The first-order valence-corrected chi connectivity index (χ1v) is 19.3. The Hall–Kier alpha value is -3.94. The lowest BCUT2D eigenvalue weighted by Crippen LogP contribution is -2.30. The van der Waals surface area contributed by atoms with Crippen molar-refractivity contribution in [2.24, 2.45) is 16.2 Å². The number of unbranched alkanes of at least 4 members (excludes halogenated alkanes) is 11. The first kappa shape index (κ1) is 42.5. The van der Waals surface area contributed by atoms with Crippen LogP contribution in [0.25, 0.3) is 22.2 Å². The van der Waals surface area contributed by atoms with Crippen LogP contribution in [0.2, 0.25) is 0 Å². The summed E-state index contributed by atoms with van der Waals surface area (Å²) in [6, 6.07) is 12.4. The molecule has 0 unspecified atom stereocenters. The highest BCUT2D eigenvalue weighted by atomic mass is 16.6. The van der Waals surface area contributed by atoms with Crippen LogP contribution in [0.15, 0.2) is 47.3 Å². The molecule has 8 nitrogen and oxygen atoms in total. The molecule has 52 heavy (non-hydrogen) atoms. The number of ether oxygens (including phenoxy) is 3. The summed E-state index contributed by atoms with van der Waals surface area (Å²) >= 11 is 0. The highest BCUT2D eigenvalue weighted by Crippen LogP contribution is 2.39. The molecular formula is C44H63NO7. The standard InChI is InChI=1S/C44H63NO7/c1-11-12-13-14-15-16-17-18-19-20-21-25-28-45-33-29-32(50-39(47)42(2,3)4)30-34(51-40(48)43(5,6)7)35(33)37(46)38(52-41(49)44(8,9)10)36(45)31-26-23-22-24-27-31/h22-24,26-27,29-30H,11-21,25,28H2,1-10H3. The minimum Gasteiger partial charge on any atom is -0.426 e. The molecule has 0 saturated heterocycles. The van der Waals surface area contributed by atoms with Crippen molar-refractivity contribution in [2.75, 3.05) is 0 Å². The van der Waals surface area contributed by atoms with Gasteiger partial charge in [-0.15, -0.1) is 0 Å². The monoisotopic (exact) mass is 717 g/mol. The Morgan fingerprint density at radius 1 is 0.596 bits per heavy atom. The quantitative estimate of drug-likeness (QED) is 0.0778. The summed E-state index contributed by atoms with van der Waals surface area (Å²) in [4.78, 5) is 54.5. The maximum atomic E-state index is 14.7. The molecule has 0 aliphatic carbocycles. The van der Waals surface area contributed by atoms with Crippen LogP contribution >= 0.6 is 0 Å². The van der Waals surface area contributed by atoms with Crippen molar-refractivity contribution in [3.8, 4) is 28.5 Å². The minimum absolute atomic E-state index is 0.0600. The van der Waals surface area contributed by atoms with Crippen LogP contribution in [0.4, 0.5) is 0 Å². The Balaban J connectivity index is 2.17. The van der Waals surface area contributed by atoms with E-state index >= 15 is 0 Å². The van der Waals surface area contributed by atoms with E-state index in [2.05, 4.69) is 6.92 Å². The van der Waals surface area contributed by atoms with Gasteiger partial charge in [-0.1, -0.05) is 108 Å². The molecule has 3 rings (SSSR count). The van der Waals surface area contributed by atoms with Gasteiger partial charge < -0.3 is 18.8 Å². The second-order valence-corrected chi connectivity index (χ2v) is 17.1. The van der Waals surface area contributed by atoms with E-state index in [1.807, 2.05) is 34.9 Å². The highest BCUT2D eigenvalue weighted by Gasteiger charge is 2.32. The van der Waals surface area contributed by atoms with Crippen LogP contribution in [0.3, 0.4) is 0 Å². The summed E-state index contributed by atoms with van der Waals surface area (Å²) in [5, 5.41) is 0.0727. The molecule has 2 aromatic carbocycles. The molecule has 0 bridgehead atoms. The number of fused-ring (bicyclic) bond motifs is 1. The zero-order valence-electron chi connectivity index (χ0n) is 33.5. The number of aryl methyl sites for hydroxylation is 1. The third-order valence-corrected chi connectivity index (χ3v) is 8.99. The zero-order chi connectivity index (χ0) is 38.7. The first-order chi connectivity index (χ1) is 24.4. The maximum Gasteiger partial charge on any atom is 0.316 e. The fourth-order valence-electron chi connectivity index (χ4n) is 5.70. The van der Waals surface area contributed by atoms with Gasteiger partial charge in [0.15, 0.2) is 0 Å².